The van der Waals surface area contributed by atoms with Gasteiger partial charge >= 0.3 is 5.97 Å². The number of nitrogens with zero attached hydrogens (tertiary/aromatic N) is 3. The van der Waals surface area contributed by atoms with Crippen molar-refractivity contribution < 1.29 is 28.5 Å². The van der Waals surface area contributed by atoms with Crippen LogP contribution in [0.5, 0.6) is 0 Å². The van der Waals surface area contributed by atoms with Gasteiger partial charge in [0.05, 0.1) is 35.0 Å². The molecule has 1 aromatic carbocycles. The molecule has 1 aromatic heterocycles. The number of aliphatic hydroxyl groups is 2. The fourth-order valence-electron chi connectivity index (χ4n) is 2.86. The van der Waals surface area contributed by atoms with E-state index in [4.69, 9.17) is 10.2 Å². The van der Waals surface area contributed by atoms with Gasteiger partial charge in [-0.25, -0.2) is 13.2 Å². The van der Waals surface area contributed by atoms with E-state index in [-0.39, 0.29) is 29.2 Å². The molecule has 10 heteroatoms. The second-order valence-electron chi connectivity index (χ2n) is 6.01. The van der Waals surface area contributed by atoms with Gasteiger partial charge in [-0.2, -0.15) is 9.40 Å². The fourth-order valence-corrected chi connectivity index (χ4v) is 4.35. The molecule has 0 aliphatic carbocycles. The Morgan fingerprint density at radius 3 is 2.73 bits per heavy atom. The molecule has 0 unspecified atom stereocenters. The van der Waals surface area contributed by atoms with Crippen LogP contribution in [-0.2, 0) is 23.1 Å². The van der Waals surface area contributed by atoms with Crippen molar-refractivity contribution in [3.63, 3.8) is 0 Å². The number of aryl methyl sites for hydroxylation is 1. The molecule has 2 heterocycles. The summed E-state index contributed by atoms with van der Waals surface area (Å²) in [6.45, 7) is 0.320. The highest BCUT2D eigenvalue weighted by molar-refractivity contribution is 7.89. The van der Waals surface area contributed by atoms with Gasteiger partial charge in [0.1, 0.15) is 6.10 Å². The summed E-state index contributed by atoms with van der Waals surface area (Å²) in [5.74, 6) is -1.20. The van der Waals surface area contributed by atoms with E-state index in [0.717, 1.165) is 6.07 Å². The topological polar surface area (TPSA) is 133 Å². The zero-order valence-electron chi connectivity index (χ0n) is 13.8. The smallest absolute Gasteiger partial charge is 0.335 e. The summed E-state index contributed by atoms with van der Waals surface area (Å²) in [4.78, 5) is 11.0. The van der Waals surface area contributed by atoms with Crippen molar-refractivity contribution in [2.75, 3.05) is 13.2 Å². The van der Waals surface area contributed by atoms with Gasteiger partial charge in [-0.05, 0) is 30.7 Å². The highest BCUT2D eigenvalue weighted by Gasteiger charge is 2.29. The van der Waals surface area contributed by atoms with Gasteiger partial charge < -0.3 is 15.3 Å². The second kappa shape index (κ2) is 7.16. The zero-order valence-corrected chi connectivity index (χ0v) is 14.6. The molecule has 1 aliphatic heterocycles. The Morgan fingerprint density at radius 2 is 2.04 bits per heavy atom. The SMILES string of the molecule is O=C(O)c1cccc(S(=O)(=O)N2CCCn3nc([C@@H](O)CO)cc3C2)c1. The lowest BCUT2D eigenvalue weighted by Crippen LogP contribution is -2.31. The number of sulfonamides is 1. The Balaban J connectivity index is 1.92. The van der Waals surface area contributed by atoms with Gasteiger partial charge in [0.15, 0.2) is 0 Å². The van der Waals surface area contributed by atoms with Crippen molar-refractivity contribution in [2.45, 2.75) is 30.5 Å². The predicted octanol–water partition coefficient (Wildman–Crippen LogP) is 0.202. The van der Waals surface area contributed by atoms with Crippen molar-refractivity contribution >= 4 is 16.0 Å². The molecule has 0 amide bonds. The van der Waals surface area contributed by atoms with Crippen LogP contribution in [0.25, 0.3) is 0 Å². The first kappa shape index (κ1) is 18.5. The van der Waals surface area contributed by atoms with Crippen LogP contribution < -0.4 is 0 Å². The lowest BCUT2D eigenvalue weighted by atomic mass is 10.2. The minimum Gasteiger partial charge on any atom is -0.478 e. The van der Waals surface area contributed by atoms with Gasteiger partial charge in [-0.3, -0.25) is 4.68 Å². The molecule has 3 N–H and O–H groups in total. The standard InChI is InChI=1S/C16H19N3O6S/c20-10-15(21)14-8-12-9-18(5-2-6-19(12)17-14)26(24,25)13-4-1-3-11(7-13)16(22)23/h1,3-4,7-8,15,20-21H,2,5-6,9-10H2,(H,22,23)/t15-/m0/s1. The van der Waals surface area contributed by atoms with Crippen LogP contribution in [0.3, 0.4) is 0 Å². The number of fused-ring (bicyclic) bond motifs is 1. The van der Waals surface area contributed by atoms with Gasteiger partial charge in [-0.15, -0.1) is 0 Å². The molecular weight excluding hydrogens is 362 g/mol. The first-order chi connectivity index (χ1) is 12.3. The molecule has 26 heavy (non-hydrogen) atoms. The molecule has 0 saturated carbocycles. The molecule has 0 spiro atoms. The van der Waals surface area contributed by atoms with Crippen molar-refractivity contribution in [3.05, 3.63) is 47.3 Å². The molecule has 1 atom stereocenters. The molecule has 2 aromatic rings. The van der Waals surface area contributed by atoms with Crippen molar-refractivity contribution in [2.24, 2.45) is 0 Å². The summed E-state index contributed by atoms with van der Waals surface area (Å²) in [6, 6.07) is 6.81. The van der Waals surface area contributed by atoms with Crippen LogP contribution in [0.2, 0.25) is 0 Å². The molecule has 3 rings (SSSR count). The van der Waals surface area contributed by atoms with Crippen molar-refractivity contribution in [1.82, 2.24) is 14.1 Å². The Morgan fingerprint density at radius 1 is 1.27 bits per heavy atom. The summed E-state index contributed by atoms with van der Waals surface area (Å²) < 4.78 is 28.8. The van der Waals surface area contributed by atoms with E-state index in [1.807, 2.05) is 0 Å². The molecule has 0 fully saturated rings. The quantitative estimate of drug-likeness (QED) is 0.674. The Bertz CT molecular complexity index is 924. The van der Waals surface area contributed by atoms with E-state index in [2.05, 4.69) is 5.10 Å². The van der Waals surface area contributed by atoms with E-state index in [1.54, 1.807) is 10.7 Å². The maximum Gasteiger partial charge on any atom is 0.335 e. The van der Waals surface area contributed by atoms with Gasteiger partial charge in [0.2, 0.25) is 10.0 Å². The summed E-state index contributed by atoms with van der Waals surface area (Å²) in [6.07, 6.45) is -0.604. The normalized spacial score (nSPS) is 16.7. The van der Waals surface area contributed by atoms with E-state index in [0.29, 0.717) is 18.7 Å². The van der Waals surface area contributed by atoms with Crippen molar-refractivity contribution in [3.8, 4) is 0 Å². The number of carbonyl (C=O) groups is 1. The van der Waals surface area contributed by atoms with Gasteiger partial charge in [-0.1, -0.05) is 6.07 Å². The minimum atomic E-state index is -3.88. The summed E-state index contributed by atoms with van der Waals surface area (Å²) in [5.41, 5.74) is 0.789. The first-order valence-corrected chi connectivity index (χ1v) is 9.46. The summed E-state index contributed by atoms with van der Waals surface area (Å²) in [7, 11) is -3.88. The molecule has 1 aliphatic rings. The number of hydrogen-bond acceptors (Lipinski definition) is 6. The van der Waals surface area contributed by atoms with E-state index >= 15 is 0 Å². The van der Waals surface area contributed by atoms with E-state index in [9.17, 15) is 18.3 Å². The average Bonchev–Trinajstić information content (AvgIpc) is 2.92. The maximum atomic E-state index is 12.9. The molecular formula is C16H19N3O6S. The number of benzene rings is 1. The van der Waals surface area contributed by atoms with Crippen LogP contribution in [0, 0.1) is 0 Å². The van der Waals surface area contributed by atoms with E-state index < -0.39 is 28.7 Å². The summed E-state index contributed by atoms with van der Waals surface area (Å²) in [5, 5.41) is 32.1. The van der Waals surface area contributed by atoms with Crippen LogP contribution in [0.1, 0.15) is 34.3 Å². The van der Waals surface area contributed by atoms with Crippen LogP contribution >= 0.6 is 0 Å². The van der Waals surface area contributed by atoms with E-state index in [1.165, 1.54) is 22.5 Å². The maximum absolute atomic E-state index is 12.9. The highest BCUT2D eigenvalue weighted by Crippen LogP contribution is 2.24. The molecule has 0 radical (unpaired) electrons. The van der Waals surface area contributed by atoms with Crippen LogP contribution in [-0.4, -0.2) is 56.9 Å². The number of rotatable bonds is 5. The number of aromatic carboxylic acids is 1. The third kappa shape index (κ3) is 3.49. The second-order valence-corrected chi connectivity index (χ2v) is 7.95. The Hall–Kier alpha value is -2.27. The monoisotopic (exact) mass is 381 g/mol. The third-order valence-corrected chi connectivity index (χ3v) is 6.07. The van der Waals surface area contributed by atoms with Gasteiger partial charge in [0, 0.05) is 13.1 Å². The highest BCUT2D eigenvalue weighted by atomic mass is 32.2. The lowest BCUT2D eigenvalue weighted by Gasteiger charge is -2.20. The van der Waals surface area contributed by atoms with Crippen LogP contribution in [0.15, 0.2) is 35.2 Å². The van der Waals surface area contributed by atoms with Gasteiger partial charge in [0.25, 0.3) is 0 Å². The lowest BCUT2D eigenvalue weighted by molar-refractivity contribution is 0.0696. The molecule has 9 nitrogen and oxygen atoms in total. The Labute approximate surface area is 150 Å². The van der Waals surface area contributed by atoms with Crippen LogP contribution in [0.4, 0.5) is 0 Å². The Kier molecular flexibility index (Phi) is 5.10. The largest absolute Gasteiger partial charge is 0.478 e. The number of carboxylic acids is 1. The van der Waals surface area contributed by atoms with Crippen molar-refractivity contribution in [1.29, 1.82) is 0 Å². The first-order valence-electron chi connectivity index (χ1n) is 8.02. The average molecular weight is 381 g/mol. The number of carboxylic acid groups (broad SMARTS) is 1. The number of aromatic nitrogens is 2. The summed E-state index contributed by atoms with van der Waals surface area (Å²) >= 11 is 0. The molecule has 0 saturated heterocycles. The minimum absolute atomic E-state index is 0.0464. The number of aliphatic hydroxyl groups excluding tert-OH is 2. The third-order valence-electron chi connectivity index (χ3n) is 4.23. The molecule has 140 valence electrons. The molecule has 0 bridgehead atoms. The number of hydrogen-bond donors (Lipinski definition) is 3. The fraction of sp³-hybridized carbons (Fsp3) is 0.375. The zero-order chi connectivity index (χ0) is 18.9. The predicted molar refractivity (Wildman–Crippen MR) is 89.9 cm³/mol.